The highest BCUT2D eigenvalue weighted by molar-refractivity contribution is 6.30. The standard InChI is InChI=1S/C21H14ClNO3/c22-17-6-3-4-14(10-17)13-26-20-9-8-15-5-1-2-7-18(15)19(20)11-16(12-23)21(24)25/h1-11H,13H2,(H,24,25). The van der Waals surface area contributed by atoms with Crippen LogP contribution in [0.25, 0.3) is 16.8 Å². The molecule has 0 spiro atoms. The number of rotatable bonds is 5. The van der Waals surface area contributed by atoms with Gasteiger partial charge in [-0.25, -0.2) is 4.79 Å². The molecule has 0 atom stereocenters. The molecule has 0 unspecified atom stereocenters. The highest BCUT2D eigenvalue weighted by Gasteiger charge is 2.12. The van der Waals surface area contributed by atoms with Gasteiger partial charge in [0.2, 0.25) is 0 Å². The van der Waals surface area contributed by atoms with E-state index in [0.717, 1.165) is 16.3 Å². The molecule has 0 bridgehead atoms. The number of benzene rings is 3. The van der Waals surface area contributed by atoms with Crippen molar-refractivity contribution in [2.45, 2.75) is 6.61 Å². The molecule has 3 rings (SSSR count). The number of carboxylic acids is 1. The van der Waals surface area contributed by atoms with Gasteiger partial charge in [-0.1, -0.05) is 54.1 Å². The summed E-state index contributed by atoms with van der Waals surface area (Å²) in [6, 6.07) is 20.2. The Balaban J connectivity index is 2.05. The van der Waals surface area contributed by atoms with E-state index in [4.69, 9.17) is 21.6 Å². The minimum Gasteiger partial charge on any atom is -0.488 e. The van der Waals surface area contributed by atoms with Gasteiger partial charge in [0.25, 0.3) is 0 Å². The maximum atomic E-state index is 11.3. The Morgan fingerprint density at radius 1 is 1.15 bits per heavy atom. The van der Waals surface area contributed by atoms with Gasteiger partial charge in [-0.3, -0.25) is 0 Å². The smallest absolute Gasteiger partial charge is 0.346 e. The molecule has 5 heteroatoms. The minimum atomic E-state index is -1.28. The largest absolute Gasteiger partial charge is 0.488 e. The SMILES string of the molecule is N#CC(=Cc1c(OCc2cccc(Cl)c2)ccc2ccccc12)C(=O)O. The van der Waals surface area contributed by atoms with Crippen molar-refractivity contribution in [3.63, 3.8) is 0 Å². The minimum absolute atomic E-state index is 0.273. The first-order valence-corrected chi connectivity index (χ1v) is 8.20. The monoisotopic (exact) mass is 363 g/mol. The fraction of sp³-hybridized carbons (Fsp3) is 0.0476. The van der Waals surface area contributed by atoms with E-state index in [-0.39, 0.29) is 12.2 Å². The summed E-state index contributed by atoms with van der Waals surface area (Å²) in [5, 5.41) is 20.6. The second kappa shape index (κ2) is 7.73. The third kappa shape index (κ3) is 3.85. The van der Waals surface area contributed by atoms with Crippen molar-refractivity contribution in [3.8, 4) is 11.8 Å². The Hall–Kier alpha value is -3.29. The molecule has 0 saturated carbocycles. The van der Waals surface area contributed by atoms with Crippen LogP contribution in [0.1, 0.15) is 11.1 Å². The number of nitriles is 1. The molecule has 3 aromatic carbocycles. The van der Waals surface area contributed by atoms with Crippen LogP contribution >= 0.6 is 11.6 Å². The number of hydrogen-bond donors (Lipinski definition) is 1. The van der Waals surface area contributed by atoms with Crippen LogP contribution in [0.4, 0.5) is 0 Å². The zero-order valence-corrected chi connectivity index (χ0v) is 14.4. The lowest BCUT2D eigenvalue weighted by Gasteiger charge is -2.12. The Morgan fingerprint density at radius 2 is 1.96 bits per heavy atom. The zero-order chi connectivity index (χ0) is 18.5. The van der Waals surface area contributed by atoms with Gasteiger partial charge in [-0.2, -0.15) is 5.26 Å². The fourth-order valence-electron chi connectivity index (χ4n) is 2.62. The summed E-state index contributed by atoms with van der Waals surface area (Å²) < 4.78 is 5.91. The number of nitrogens with zero attached hydrogens (tertiary/aromatic N) is 1. The van der Waals surface area contributed by atoms with Crippen molar-refractivity contribution in [1.29, 1.82) is 5.26 Å². The molecule has 0 fully saturated rings. The molecule has 0 aromatic heterocycles. The van der Waals surface area contributed by atoms with Gasteiger partial charge in [0.1, 0.15) is 24.0 Å². The average molecular weight is 364 g/mol. The molecule has 3 aromatic rings. The van der Waals surface area contributed by atoms with Gasteiger partial charge < -0.3 is 9.84 Å². The number of hydrogen-bond acceptors (Lipinski definition) is 3. The number of aliphatic carboxylic acids is 1. The van der Waals surface area contributed by atoms with E-state index >= 15 is 0 Å². The van der Waals surface area contributed by atoms with Crippen LogP contribution in [0.15, 0.2) is 66.2 Å². The number of fused-ring (bicyclic) bond motifs is 1. The van der Waals surface area contributed by atoms with E-state index in [1.54, 1.807) is 24.3 Å². The van der Waals surface area contributed by atoms with Crippen LogP contribution in [-0.2, 0) is 11.4 Å². The Bertz CT molecular complexity index is 1050. The summed E-state index contributed by atoms with van der Waals surface area (Å²) in [4.78, 5) is 11.3. The number of halogens is 1. The summed E-state index contributed by atoms with van der Waals surface area (Å²) in [7, 11) is 0. The van der Waals surface area contributed by atoms with E-state index in [2.05, 4.69) is 0 Å². The second-order valence-corrected chi connectivity index (χ2v) is 6.03. The Morgan fingerprint density at radius 3 is 2.69 bits per heavy atom. The highest BCUT2D eigenvalue weighted by atomic mass is 35.5. The molecular weight excluding hydrogens is 350 g/mol. The normalized spacial score (nSPS) is 11.2. The number of carboxylic acid groups (broad SMARTS) is 1. The third-order valence-electron chi connectivity index (χ3n) is 3.85. The van der Waals surface area contributed by atoms with Gasteiger partial charge in [0.15, 0.2) is 0 Å². The lowest BCUT2D eigenvalue weighted by atomic mass is 10.0. The average Bonchev–Trinajstić information content (AvgIpc) is 2.64. The fourth-order valence-corrected chi connectivity index (χ4v) is 2.84. The Labute approximate surface area is 155 Å². The number of carbonyl (C=O) groups is 1. The maximum Gasteiger partial charge on any atom is 0.346 e. The van der Waals surface area contributed by atoms with Crippen molar-refractivity contribution in [1.82, 2.24) is 0 Å². The van der Waals surface area contributed by atoms with E-state index in [0.29, 0.717) is 16.3 Å². The summed E-state index contributed by atoms with van der Waals surface area (Å²) >= 11 is 5.99. The van der Waals surface area contributed by atoms with Crippen molar-refractivity contribution in [2.24, 2.45) is 0 Å². The van der Waals surface area contributed by atoms with Crippen LogP contribution in [0.3, 0.4) is 0 Å². The summed E-state index contributed by atoms with van der Waals surface area (Å²) in [5.41, 5.74) is 1.09. The first-order valence-electron chi connectivity index (χ1n) is 7.82. The van der Waals surface area contributed by atoms with Crippen LogP contribution in [0, 0.1) is 11.3 Å². The van der Waals surface area contributed by atoms with Crippen LogP contribution < -0.4 is 4.74 Å². The molecule has 0 saturated heterocycles. The van der Waals surface area contributed by atoms with Gasteiger partial charge in [-0.05, 0) is 40.6 Å². The van der Waals surface area contributed by atoms with Gasteiger partial charge in [0, 0.05) is 10.6 Å². The molecule has 0 radical (unpaired) electrons. The Kier molecular flexibility index (Phi) is 5.21. The van der Waals surface area contributed by atoms with E-state index in [9.17, 15) is 9.90 Å². The third-order valence-corrected chi connectivity index (χ3v) is 4.09. The van der Waals surface area contributed by atoms with E-state index in [1.165, 1.54) is 6.08 Å². The highest BCUT2D eigenvalue weighted by Crippen LogP contribution is 2.31. The maximum absolute atomic E-state index is 11.3. The molecule has 26 heavy (non-hydrogen) atoms. The predicted molar refractivity (Wildman–Crippen MR) is 101 cm³/mol. The lowest BCUT2D eigenvalue weighted by Crippen LogP contribution is -2.00. The van der Waals surface area contributed by atoms with Crippen molar-refractivity contribution in [2.75, 3.05) is 0 Å². The zero-order valence-electron chi connectivity index (χ0n) is 13.6. The van der Waals surface area contributed by atoms with Crippen molar-refractivity contribution in [3.05, 3.63) is 82.4 Å². The van der Waals surface area contributed by atoms with Crippen LogP contribution in [0.5, 0.6) is 5.75 Å². The summed E-state index contributed by atoms with van der Waals surface area (Å²) in [5.74, 6) is -0.779. The quantitative estimate of drug-likeness (QED) is 0.508. The summed E-state index contributed by atoms with van der Waals surface area (Å²) in [6.07, 6.45) is 1.35. The first-order chi connectivity index (χ1) is 12.6. The molecule has 0 aliphatic rings. The molecular formula is C21H14ClNO3. The topological polar surface area (TPSA) is 70.3 Å². The predicted octanol–water partition coefficient (Wildman–Crippen LogP) is 5.06. The van der Waals surface area contributed by atoms with Gasteiger partial charge in [0.05, 0.1) is 0 Å². The molecule has 0 aliphatic heterocycles. The molecule has 128 valence electrons. The molecule has 0 amide bonds. The first kappa shape index (κ1) is 17.5. The van der Waals surface area contributed by atoms with Crippen molar-refractivity contribution >= 4 is 34.4 Å². The van der Waals surface area contributed by atoms with Gasteiger partial charge >= 0.3 is 5.97 Å². The van der Waals surface area contributed by atoms with Crippen LogP contribution in [-0.4, -0.2) is 11.1 Å². The molecule has 1 N–H and O–H groups in total. The molecule has 4 nitrogen and oxygen atoms in total. The van der Waals surface area contributed by atoms with Crippen molar-refractivity contribution < 1.29 is 14.6 Å². The number of ether oxygens (including phenoxy) is 1. The van der Waals surface area contributed by atoms with Gasteiger partial charge in [-0.15, -0.1) is 0 Å². The molecule has 0 aliphatic carbocycles. The van der Waals surface area contributed by atoms with E-state index in [1.807, 2.05) is 42.5 Å². The van der Waals surface area contributed by atoms with E-state index < -0.39 is 5.97 Å². The lowest BCUT2D eigenvalue weighted by molar-refractivity contribution is -0.132. The second-order valence-electron chi connectivity index (χ2n) is 5.59. The molecule has 0 heterocycles. The summed E-state index contributed by atoms with van der Waals surface area (Å²) in [6.45, 7) is 0.273. The van der Waals surface area contributed by atoms with Crippen LogP contribution in [0.2, 0.25) is 5.02 Å².